The van der Waals surface area contributed by atoms with E-state index in [1.165, 1.54) is 11.1 Å². The SMILES string of the molecule is COc1cc(-c2nc(C)cnc2C)cc2c1OCCN(C(=O)CCc1ccc(C)cc1)C2. The van der Waals surface area contributed by atoms with Crippen molar-refractivity contribution in [2.45, 2.75) is 40.2 Å². The number of carbonyl (C=O) groups is 1. The van der Waals surface area contributed by atoms with Crippen molar-refractivity contribution in [2.24, 2.45) is 0 Å². The zero-order valence-corrected chi connectivity index (χ0v) is 19.1. The second-order valence-corrected chi connectivity index (χ2v) is 8.26. The highest BCUT2D eigenvalue weighted by Crippen LogP contribution is 2.38. The predicted molar refractivity (Wildman–Crippen MR) is 124 cm³/mol. The number of nitrogens with zero attached hydrogens (tertiary/aromatic N) is 3. The highest BCUT2D eigenvalue weighted by molar-refractivity contribution is 5.77. The van der Waals surface area contributed by atoms with Gasteiger partial charge in [0.25, 0.3) is 0 Å². The fourth-order valence-corrected chi connectivity index (χ4v) is 3.96. The van der Waals surface area contributed by atoms with Crippen molar-refractivity contribution in [3.8, 4) is 22.8 Å². The Kier molecular flexibility index (Phi) is 6.40. The third-order valence-corrected chi connectivity index (χ3v) is 5.77. The van der Waals surface area contributed by atoms with Crippen LogP contribution in [0.2, 0.25) is 0 Å². The van der Waals surface area contributed by atoms with Crippen molar-refractivity contribution in [1.29, 1.82) is 0 Å². The van der Waals surface area contributed by atoms with Gasteiger partial charge in [-0.15, -0.1) is 0 Å². The predicted octanol–water partition coefficient (Wildman–Crippen LogP) is 4.43. The van der Waals surface area contributed by atoms with Crippen molar-refractivity contribution < 1.29 is 14.3 Å². The van der Waals surface area contributed by atoms with E-state index in [1.807, 2.05) is 30.9 Å². The van der Waals surface area contributed by atoms with Crippen LogP contribution in [-0.4, -0.2) is 41.0 Å². The Morgan fingerprint density at radius 3 is 2.69 bits per heavy atom. The van der Waals surface area contributed by atoms with E-state index in [0.29, 0.717) is 37.6 Å². The first-order chi connectivity index (χ1) is 15.4. The van der Waals surface area contributed by atoms with E-state index in [0.717, 1.165) is 34.6 Å². The first-order valence-electron chi connectivity index (χ1n) is 10.9. The van der Waals surface area contributed by atoms with Crippen molar-refractivity contribution in [3.63, 3.8) is 0 Å². The molecule has 1 aromatic heterocycles. The number of amides is 1. The molecule has 6 nitrogen and oxygen atoms in total. The Bertz CT molecular complexity index is 1130. The summed E-state index contributed by atoms with van der Waals surface area (Å²) >= 11 is 0. The second kappa shape index (κ2) is 9.39. The van der Waals surface area contributed by atoms with E-state index >= 15 is 0 Å². The average Bonchev–Trinajstić information content (AvgIpc) is 3.02. The summed E-state index contributed by atoms with van der Waals surface area (Å²) in [6.45, 7) is 7.39. The molecular formula is C26H29N3O3. The quantitative estimate of drug-likeness (QED) is 0.598. The van der Waals surface area contributed by atoms with Crippen LogP contribution < -0.4 is 9.47 Å². The van der Waals surface area contributed by atoms with Crippen molar-refractivity contribution in [2.75, 3.05) is 20.3 Å². The summed E-state index contributed by atoms with van der Waals surface area (Å²) in [6.07, 6.45) is 2.96. The maximum Gasteiger partial charge on any atom is 0.223 e. The molecule has 0 fully saturated rings. The number of carbonyl (C=O) groups excluding carboxylic acids is 1. The Labute approximate surface area is 189 Å². The van der Waals surface area contributed by atoms with Gasteiger partial charge in [-0.3, -0.25) is 9.78 Å². The van der Waals surface area contributed by atoms with E-state index in [4.69, 9.17) is 9.47 Å². The minimum absolute atomic E-state index is 0.123. The molecule has 0 N–H and O–H groups in total. The number of rotatable bonds is 5. The average molecular weight is 432 g/mol. The Morgan fingerprint density at radius 1 is 1.16 bits per heavy atom. The van der Waals surface area contributed by atoms with Crippen molar-refractivity contribution in [1.82, 2.24) is 14.9 Å². The highest BCUT2D eigenvalue weighted by atomic mass is 16.5. The van der Waals surface area contributed by atoms with Gasteiger partial charge in [-0.05, 0) is 44.9 Å². The van der Waals surface area contributed by atoms with Gasteiger partial charge in [-0.1, -0.05) is 29.8 Å². The molecule has 2 aromatic carbocycles. The molecule has 0 unspecified atom stereocenters. The van der Waals surface area contributed by atoms with E-state index in [2.05, 4.69) is 41.2 Å². The molecule has 0 spiro atoms. The Balaban J connectivity index is 1.58. The van der Waals surface area contributed by atoms with Gasteiger partial charge >= 0.3 is 0 Å². The topological polar surface area (TPSA) is 64.6 Å². The van der Waals surface area contributed by atoms with Gasteiger partial charge < -0.3 is 14.4 Å². The molecular weight excluding hydrogens is 402 g/mol. The summed E-state index contributed by atoms with van der Waals surface area (Å²) in [6, 6.07) is 12.3. The van der Waals surface area contributed by atoms with Crippen LogP contribution in [0.3, 0.4) is 0 Å². The normalized spacial score (nSPS) is 13.2. The largest absolute Gasteiger partial charge is 0.493 e. The number of aryl methyl sites for hydroxylation is 4. The molecule has 1 amide bonds. The summed E-state index contributed by atoms with van der Waals surface area (Å²) in [7, 11) is 1.63. The van der Waals surface area contributed by atoms with Crippen LogP contribution in [0, 0.1) is 20.8 Å². The van der Waals surface area contributed by atoms with E-state index in [-0.39, 0.29) is 5.91 Å². The maximum atomic E-state index is 13.0. The number of fused-ring (bicyclic) bond motifs is 1. The zero-order chi connectivity index (χ0) is 22.7. The zero-order valence-electron chi connectivity index (χ0n) is 19.1. The number of hydrogen-bond acceptors (Lipinski definition) is 5. The summed E-state index contributed by atoms with van der Waals surface area (Å²) in [5.74, 6) is 1.47. The molecule has 6 heteroatoms. The van der Waals surface area contributed by atoms with Crippen LogP contribution in [0.1, 0.15) is 34.5 Å². The Hall–Kier alpha value is -3.41. The monoisotopic (exact) mass is 431 g/mol. The fraction of sp³-hybridized carbons (Fsp3) is 0.346. The van der Waals surface area contributed by atoms with Crippen LogP contribution in [0.5, 0.6) is 11.5 Å². The minimum Gasteiger partial charge on any atom is -0.493 e. The van der Waals surface area contributed by atoms with Crippen molar-refractivity contribution >= 4 is 5.91 Å². The molecule has 3 aromatic rings. The summed E-state index contributed by atoms with van der Waals surface area (Å²) < 4.78 is 11.7. The van der Waals surface area contributed by atoms with Gasteiger partial charge in [0.15, 0.2) is 11.5 Å². The van der Waals surface area contributed by atoms with Crippen LogP contribution in [0.25, 0.3) is 11.3 Å². The summed E-state index contributed by atoms with van der Waals surface area (Å²) in [5, 5.41) is 0. The van der Waals surface area contributed by atoms with Gasteiger partial charge in [0, 0.05) is 30.3 Å². The smallest absolute Gasteiger partial charge is 0.223 e. The summed E-state index contributed by atoms with van der Waals surface area (Å²) in [5.41, 5.74) is 6.73. The molecule has 1 aliphatic rings. The number of methoxy groups -OCH3 is 1. The molecule has 32 heavy (non-hydrogen) atoms. The van der Waals surface area contributed by atoms with Gasteiger partial charge in [0.1, 0.15) is 6.61 Å². The minimum atomic E-state index is 0.123. The lowest BCUT2D eigenvalue weighted by atomic mass is 10.0. The lowest BCUT2D eigenvalue weighted by Gasteiger charge is -2.20. The molecule has 0 saturated carbocycles. The number of hydrogen-bond donors (Lipinski definition) is 0. The van der Waals surface area contributed by atoms with Crippen LogP contribution in [0.4, 0.5) is 0 Å². The first kappa shape index (κ1) is 21.8. The van der Waals surface area contributed by atoms with E-state index < -0.39 is 0 Å². The molecule has 0 aliphatic carbocycles. The van der Waals surface area contributed by atoms with Crippen LogP contribution in [0.15, 0.2) is 42.6 Å². The molecule has 0 atom stereocenters. The van der Waals surface area contributed by atoms with Gasteiger partial charge in [0.05, 0.1) is 30.7 Å². The Morgan fingerprint density at radius 2 is 1.94 bits per heavy atom. The van der Waals surface area contributed by atoms with E-state index in [1.54, 1.807) is 13.3 Å². The molecule has 0 bridgehead atoms. The van der Waals surface area contributed by atoms with Crippen molar-refractivity contribution in [3.05, 3.63) is 70.7 Å². The summed E-state index contributed by atoms with van der Waals surface area (Å²) in [4.78, 5) is 24.0. The standard InChI is InChI=1S/C26H29N3O3/c1-17-5-7-20(8-6-17)9-10-24(30)29-11-12-32-26-22(16-29)13-21(14-23(26)31-4)25-19(3)27-15-18(2)28-25/h5-8,13-15H,9-12,16H2,1-4H3. The van der Waals surface area contributed by atoms with Crippen LogP contribution >= 0.6 is 0 Å². The molecule has 166 valence electrons. The van der Waals surface area contributed by atoms with Gasteiger partial charge in [-0.2, -0.15) is 0 Å². The van der Waals surface area contributed by atoms with Crippen LogP contribution in [-0.2, 0) is 17.8 Å². The highest BCUT2D eigenvalue weighted by Gasteiger charge is 2.24. The first-order valence-corrected chi connectivity index (χ1v) is 10.9. The molecule has 0 radical (unpaired) electrons. The second-order valence-electron chi connectivity index (χ2n) is 8.26. The number of benzene rings is 2. The third-order valence-electron chi connectivity index (χ3n) is 5.77. The fourth-order valence-electron chi connectivity index (χ4n) is 3.96. The third kappa shape index (κ3) is 4.74. The van der Waals surface area contributed by atoms with Gasteiger partial charge in [-0.25, -0.2) is 4.98 Å². The number of ether oxygens (including phenoxy) is 2. The maximum absolute atomic E-state index is 13.0. The molecule has 4 rings (SSSR count). The molecule has 1 aliphatic heterocycles. The molecule has 0 saturated heterocycles. The number of aromatic nitrogens is 2. The lowest BCUT2D eigenvalue weighted by molar-refractivity contribution is -0.131. The molecule has 2 heterocycles. The lowest BCUT2D eigenvalue weighted by Crippen LogP contribution is -2.32. The van der Waals surface area contributed by atoms with E-state index in [9.17, 15) is 4.79 Å². The van der Waals surface area contributed by atoms with Gasteiger partial charge in [0.2, 0.25) is 5.91 Å².